The molecule has 0 aliphatic carbocycles. The average molecular weight is 464 g/mol. The van der Waals surface area contributed by atoms with E-state index in [-0.39, 0.29) is 43.3 Å². The van der Waals surface area contributed by atoms with Crippen molar-refractivity contribution in [1.82, 2.24) is 4.90 Å². The predicted octanol–water partition coefficient (Wildman–Crippen LogP) is 3.02. The Bertz CT molecular complexity index is 927. The van der Waals surface area contributed by atoms with Crippen LogP contribution in [0.1, 0.15) is 17.2 Å². The van der Waals surface area contributed by atoms with E-state index in [1.807, 2.05) is 0 Å². The molecule has 2 aromatic carbocycles. The number of hydrogen-bond donors (Lipinski definition) is 2. The van der Waals surface area contributed by atoms with Crippen molar-refractivity contribution in [3.63, 3.8) is 0 Å². The Morgan fingerprint density at radius 3 is 2.34 bits per heavy atom. The Kier molecular flexibility index (Phi) is 6.79. The van der Waals surface area contributed by atoms with Crippen molar-refractivity contribution in [2.24, 2.45) is 0 Å². The van der Waals surface area contributed by atoms with Crippen LogP contribution in [0.15, 0.2) is 58.6 Å². The van der Waals surface area contributed by atoms with Crippen LogP contribution in [0.25, 0.3) is 5.76 Å². The summed E-state index contributed by atoms with van der Waals surface area (Å²) < 4.78 is 19.3. The number of ketones is 1. The van der Waals surface area contributed by atoms with Crippen LogP contribution < -0.4 is 0 Å². The fraction of sp³-hybridized carbons (Fsp3) is 0.238. The highest BCUT2D eigenvalue weighted by atomic mass is 79.9. The topological polar surface area (TPSA) is 87.1 Å². The molecule has 29 heavy (non-hydrogen) atoms. The van der Waals surface area contributed by atoms with E-state index in [0.717, 1.165) is 4.47 Å². The van der Waals surface area contributed by atoms with Crippen LogP contribution in [0.4, 0.5) is 4.39 Å². The molecule has 0 aromatic heterocycles. The second-order valence-corrected chi connectivity index (χ2v) is 7.30. The maximum atomic E-state index is 13.2. The molecule has 1 aliphatic heterocycles. The van der Waals surface area contributed by atoms with Crippen LogP contribution in [0.3, 0.4) is 0 Å². The molecule has 0 bridgehead atoms. The third-order valence-electron chi connectivity index (χ3n) is 4.56. The molecule has 6 nitrogen and oxygen atoms in total. The number of hydrogen-bond acceptors (Lipinski definition) is 5. The highest BCUT2D eigenvalue weighted by molar-refractivity contribution is 9.10. The first kappa shape index (κ1) is 21.2. The first-order chi connectivity index (χ1) is 13.9. The number of carbonyl (C=O) groups excluding carboxylic acids is 2. The molecule has 0 spiro atoms. The van der Waals surface area contributed by atoms with E-state index < -0.39 is 23.5 Å². The van der Waals surface area contributed by atoms with Gasteiger partial charge in [-0.2, -0.15) is 0 Å². The van der Waals surface area contributed by atoms with Crippen molar-refractivity contribution >= 4 is 33.4 Å². The van der Waals surface area contributed by atoms with Crippen molar-refractivity contribution < 1.29 is 28.9 Å². The quantitative estimate of drug-likeness (QED) is 0.285. The largest absolute Gasteiger partial charge is 0.507 e. The fourth-order valence-electron chi connectivity index (χ4n) is 3.20. The van der Waals surface area contributed by atoms with Gasteiger partial charge in [0.1, 0.15) is 11.6 Å². The van der Waals surface area contributed by atoms with Crippen LogP contribution in [-0.2, 0) is 14.3 Å². The van der Waals surface area contributed by atoms with Gasteiger partial charge in [-0.1, -0.05) is 28.1 Å². The van der Waals surface area contributed by atoms with Gasteiger partial charge < -0.3 is 19.8 Å². The van der Waals surface area contributed by atoms with E-state index in [1.54, 1.807) is 24.3 Å². The Hall–Kier alpha value is -2.55. The predicted molar refractivity (Wildman–Crippen MR) is 107 cm³/mol. The molecule has 2 aromatic rings. The Morgan fingerprint density at radius 1 is 1.07 bits per heavy atom. The number of halogens is 2. The minimum atomic E-state index is -0.818. The van der Waals surface area contributed by atoms with Gasteiger partial charge >= 0.3 is 0 Å². The highest BCUT2D eigenvalue weighted by Gasteiger charge is 2.45. The number of aliphatic hydroxyl groups excluding tert-OH is 2. The molecule has 152 valence electrons. The van der Waals surface area contributed by atoms with Crippen LogP contribution >= 0.6 is 15.9 Å². The van der Waals surface area contributed by atoms with Crippen LogP contribution in [-0.4, -0.2) is 53.2 Å². The van der Waals surface area contributed by atoms with E-state index in [4.69, 9.17) is 9.84 Å². The normalized spacial score (nSPS) is 18.4. The van der Waals surface area contributed by atoms with Gasteiger partial charge in [-0.15, -0.1) is 0 Å². The zero-order valence-corrected chi connectivity index (χ0v) is 16.9. The molecule has 1 saturated heterocycles. The molecule has 1 atom stereocenters. The summed E-state index contributed by atoms with van der Waals surface area (Å²) in [5.41, 5.74) is 0.812. The Labute approximate surface area is 175 Å². The Morgan fingerprint density at radius 2 is 1.72 bits per heavy atom. The van der Waals surface area contributed by atoms with E-state index in [9.17, 15) is 19.1 Å². The lowest BCUT2D eigenvalue weighted by atomic mass is 9.95. The molecular weight excluding hydrogens is 445 g/mol. The lowest BCUT2D eigenvalue weighted by Gasteiger charge is -2.25. The van der Waals surface area contributed by atoms with E-state index in [2.05, 4.69) is 15.9 Å². The molecule has 0 radical (unpaired) electrons. The van der Waals surface area contributed by atoms with Gasteiger partial charge in [-0.05, 0) is 42.0 Å². The molecule has 1 amide bonds. The monoisotopic (exact) mass is 463 g/mol. The highest BCUT2D eigenvalue weighted by Crippen LogP contribution is 2.39. The van der Waals surface area contributed by atoms with Crippen molar-refractivity contribution in [2.45, 2.75) is 6.04 Å². The van der Waals surface area contributed by atoms with Gasteiger partial charge in [-0.3, -0.25) is 9.59 Å². The second-order valence-electron chi connectivity index (χ2n) is 6.39. The lowest BCUT2D eigenvalue weighted by Crippen LogP contribution is -2.33. The summed E-state index contributed by atoms with van der Waals surface area (Å²) in [7, 11) is 0. The van der Waals surface area contributed by atoms with Gasteiger partial charge in [0, 0.05) is 16.6 Å². The standard InChI is InChI=1S/C21H19BrFNO5/c22-15-5-1-13(2-6-15)18-17(19(26)14-3-7-16(23)8-4-14)20(27)21(28)24(18)9-11-29-12-10-25/h1-8,18,25-26H,9-12H2. The van der Waals surface area contributed by atoms with Crippen LogP contribution in [0, 0.1) is 5.82 Å². The summed E-state index contributed by atoms with van der Waals surface area (Å²) in [4.78, 5) is 26.8. The number of carbonyl (C=O) groups is 2. The van der Waals surface area contributed by atoms with E-state index in [0.29, 0.717) is 5.56 Å². The van der Waals surface area contributed by atoms with Gasteiger partial charge in [0.2, 0.25) is 0 Å². The van der Waals surface area contributed by atoms with Crippen molar-refractivity contribution in [3.05, 3.63) is 75.5 Å². The molecule has 3 rings (SSSR count). The SMILES string of the molecule is O=C1C(=O)N(CCOCCO)C(c2ccc(Br)cc2)C1=C(O)c1ccc(F)cc1. The molecule has 2 N–H and O–H groups in total. The van der Waals surface area contributed by atoms with Crippen molar-refractivity contribution in [2.75, 3.05) is 26.4 Å². The van der Waals surface area contributed by atoms with Crippen LogP contribution in [0.5, 0.6) is 0 Å². The molecule has 1 heterocycles. The number of amides is 1. The molecule has 0 saturated carbocycles. The zero-order chi connectivity index (χ0) is 21.0. The maximum absolute atomic E-state index is 13.2. The lowest BCUT2D eigenvalue weighted by molar-refractivity contribution is -0.140. The Balaban J connectivity index is 2.05. The first-order valence-corrected chi connectivity index (χ1v) is 9.71. The molecule has 1 fully saturated rings. The van der Waals surface area contributed by atoms with E-state index in [1.165, 1.54) is 29.2 Å². The maximum Gasteiger partial charge on any atom is 0.295 e. The van der Waals surface area contributed by atoms with Crippen LogP contribution in [0.2, 0.25) is 0 Å². The summed E-state index contributed by atoms with van der Waals surface area (Å²) in [6.45, 7) is 0.185. The minimum absolute atomic E-state index is 0.0638. The first-order valence-electron chi connectivity index (χ1n) is 8.92. The second kappa shape index (κ2) is 9.30. The van der Waals surface area contributed by atoms with Gasteiger partial charge in [0.25, 0.3) is 11.7 Å². The van der Waals surface area contributed by atoms with Crippen molar-refractivity contribution in [1.29, 1.82) is 0 Å². The molecule has 1 aliphatic rings. The van der Waals surface area contributed by atoms with Gasteiger partial charge in [-0.25, -0.2) is 4.39 Å². The summed E-state index contributed by atoms with van der Waals surface area (Å²) in [6.07, 6.45) is 0. The number of nitrogens with zero attached hydrogens (tertiary/aromatic N) is 1. The third kappa shape index (κ3) is 4.55. The average Bonchev–Trinajstić information content (AvgIpc) is 2.96. The number of rotatable bonds is 7. The summed E-state index contributed by atoms with van der Waals surface area (Å²) in [6, 6.07) is 11.3. The van der Waals surface area contributed by atoms with Crippen molar-refractivity contribution in [3.8, 4) is 0 Å². The molecule has 8 heteroatoms. The number of aliphatic hydroxyl groups is 2. The summed E-state index contributed by atoms with van der Waals surface area (Å²) in [5.74, 6) is -2.42. The van der Waals surface area contributed by atoms with E-state index >= 15 is 0 Å². The number of ether oxygens (including phenoxy) is 1. The van der Waals surface area contributed by atoms with Gasteiger partial charge in [0.15, 0.2) is 0 Å². The number of likely N-dealkylation sites (tertiary alicyclic amines) is 1. The minimum Gasteiger partial charge on any atom is -0.507 e. The zero-order valence-electron chi connectivity index (χ0n) is 15.3. The summed E-state index contributed by atoms with van der Waals surface area (Å²) >= 11 is 3.35. The van der Waals surface area contributed by atoms with Gasteiger partial charge in [0.05, 0.1) is 31.4 Å². The fourth-order valence-corrected chi connectivity index (χ4v) is 3.46. The summed E-state index contributed by atoms with van der Waals surface area (Å²) in [5, 5.41) is 19.6. The third-order valence-corrected chi connectivity index (χ3v) is 5.08. The number of Topliss-reactive ketones (excluding diaryl/α,β-unsaturated/α-hetero) is 1. The molecular formula is C21H19BrFNO5. The molecule has 1 unspecified atom stereocenters. The smallest absolute Gasteiger partial charge is 0.295 e. The number of benzene rings is 2.